The van der Waals surface area contributed by atoms with Crippen LogP contribution in [0.4, 0.5) is 0 Å². The first-order chi connectivity index (χ1) is 9.14. The Hall–Kier alpha value is -0.100. The molecule has 0 atom stereocenters. The number of esters is 1. The van der Waals surface area contributed by atoms with Crippen molar-refractivity contribution in [3.05, 3.63) is 0 Å². The van der Waals surface area contributed by atoms with Crippen molar-refractivity contribution in [2.45, 2.75) is 65.7 Å². The summed E-state index contributed by atoms with van der Waals surface area (Å²) in [6, 6.07) is 0. The Balaban J connectivity index is 4.60. The van der Waals surface area contributed by atoms with Gasteiger partial charge >= 0.3 is 5.97 Å². The molecule has 0 aromatic rings. The van der Waals surface area contributed by atoms with E-state index in [1.807, 2.05) is 0 Å². The molecule has 0 heterocycles. The van der Waals surface area contributed by atoms with Gasteiger partial charge in [-0.15, -0.1) is 0 Å². The predicted octanol–water partition coefficient (Wildman–Crippen LogP) is 4.97. The zero-order valence-corrected chi connectivity index (χ0v) is 14.4. The molecule has 19 heavy (non-hydrogen) atoms. The Morgan fingerprint density at radius 2 is 1.26 bits per heavy atom. The highest BCUT2D eigenvalue weighted by Crippen LogP contribution is 2.61. The van der Waals surface area contributed by atoms with Crippen LogP contribution in [0.15, 0.2) is 0 Å². The number of carbonyl (C=O) groups is 1. The number of unbranched alkanes of at least 4 members (excludes halogenated alkanes) is 3. The maximum Gasteiger partial charge on any atom is 0.309 e. The van der Waals surface area contributed by atoms with Crippen LogP contribution in [0, 0.1) is 0 Å². The van der Waals surface area contributed by atoms with E-state index in [0.717, 1.165) is 6.16 Å². The molecule has 0 bridgehead atoms. The van der Waals surface area contributed by atoms with Crippen LogP contribution in [0.25, 0.3) is 0 Å². The Kier molecular flexibility index (Phi) is 11.6. The summed E-state index contributed by atoms with van der Waals surface area (Å²) in [5, 5.41) is 0. The number of ether oxygens (including phenoxy) is 1. The van der Waals surface area contributed by atoms with E-state index in [1.165, 1.54) is 64.1 Å². The normalized spacial score (nSPS) is 11.6. The second-order valence-electron chi connectivity index (χ2n) is 5.62. The Morgan fingerprint density at radius 1 is 0.842 bits per heavy atom. The van der Waals surface area contributed by atoms with Crippen LogP contribution in [0.5, 0.6) is 0 Å². The fraction of sp³-hybridized carbons (Fsp3) is 0.938. The van der Waals surface area contributed by atoms with Gasteiger partial charge in [-0.2, -0.15) is 0 Å². The lowest BCUT2D eigenvalue weighted by molar-refractivity contribution is -0.140. The Labute approximate surface area is 121 Å². The molecule has 0 radical (unpaired) electrons. The molecule has 0 N–H and O–H groups in total. The lowest BCUT2D eigenvalue weighted by atomic mass is 10.4. The average molecular weight is 289 g/mol. The molecule has 0 aromatic carbocycles. The molecular formula is C16H34O2P+. The first-order valence-corrected chi connectivity index (χ1v) is 10.6. The predicted molar refractivity (Wildman–Crippen MR) is 87.7 cm³/mol. The number of hydrogen-bond donors (Lipinski definition) is 0. The van der Waals surface area contributed by atoms with Gasteiger partial charge < -0.3 is 4.74 Å². The van der Waals surface area contributed by atoms with Crippen molar-refractivity contribution in [2.24, 2.45) is 0 Å². The molecule has 0 rings (SSSR count). The van der Waals surface area contributed by atoms with Gasteiger partial charge in [0.1, 0.15) is 0 Å². The van der Waals surface area contributed by atoms with Crippen LogP contribution in [0.3, 0.4) is 0 Å². The first-order valence-electron chi connectivity index (χ1n) is 8.06. The number of rotatable bonds is 12. The standard InChI is InChI=1S/C16H34O2P/c1-5-8-12-19(13-9-6-2,14-10-7-3)15-11-16(17)18-4/h5-15H2,1-4H3/q+1. The average Bonchev–Trinajstić information content (AvgIpc) is 2.45. The Bertz CT molecular complexity index is 207. The molecule has 0 spiro atoms. The summed E-state index contributed by atoms with van der Waals surface area (Å²) in [7, 11) is 0.593. The summed E-state index contributed by atoms with van der Waals surface area (Å²) in [5.41, 5.74) is 0. The molecule has 0 fully saturated rings. The van der Waals surface area contributed by atoms with Crippen molar-refractivity contribution in [3.8, 4) is 0 Å². The van der Waals surface area contributed by atoms with Crippen LogP contribution in [-0.4, -0.2) is 37.7 Å². The van der Waals surface area contributed by atoms with Gasteiger partial charge in [0.15, 0.2) is 0 Å². The molecule has 2 nitrogen and oxygen atoms in total. The van der Waals surface area contributed by atoms with Crippen molar-refractivity contribution >= 4 is 13.2 Å². The lowest BCUT2D eigenvalue weighted by Gasteiger charge is -2.27. The van der Waals surface area contributed by atoms with Gasteiger partial charge in [0, 0.05) is 7.26 Å². The van der Waals surface area contributed by atoms with E-state index in [0.29, 0.717) is 6.42 Å². The quantitative estimate of drug-likeness (QED) is 0.374. The van der Waals surface area contributed by atoms with Gasteiger partial charge in [0.25, 0.3) is 0 Å². The lowest BCUT2D eigenvalue weighted by Crippen LogP contribution is -2.15. The molecule has 0 aliphatic rings. The smallest absolute Gasteiger partial charge is 0.309 e. The van der Waals surface area contributed by atoms with Gasteiger partial charge in [-0.25, -0.2) is 0 Å². The van der Waals surface area contributed by atoms with Crippen LogP contribution >= 0.6 is 7.26 Å². The van der Waals surface area contributed by atoms with Crippen LogP contribution in [-0.2, 0) is 9.53 Å². The highest BCUT2D eigenvalue weighted by Gasteiger charge is 2.35. The molecule has 0 unspecified atom stereocenters. The summed E-state index contributed by atoms with van der Waals surface area (Å²) in [5.74, 6) is -0.0196. The fourth-order valence-corrected chi connectivity index (χ4v) is 7.54. The van der Waals surface area contributed by atoms with Crippen molar-refractivity contribution in [1.29, 1.82) is 0 Å². The fourth-order valence-electron chi connectivity index (χ4n) is 2.58. The third-order valence-electron chi connectivity index (χ3n) is 3.98. The molecule has 0 aliphatic heterocycles. The second-order valence-corrected chi connectivity index (χ2v) is 10.1. The second kappa shape index (κ2) is 11.7. The van der Waals surface area contributed by atoms with E-state index < -0.39 is 7.26 Å². The van der Waals surface area contributed by atoms with E-state index in [-0.39, 0.29) is 5.97 Å². The molecule has 0 aliphatic carbocycles. The Morgan fingerprint density at radius 3 is 1.58 bits per heavy atom. The summed E-state index contributed by atoms with van der Waals surface area (Å²) in [4.78, 5) is 11.5. The van der Waals surface area contributed by atoms with Crippen molar-refractivity contribution in [1.82, 2.24) is 0 Å². The maximum atomic E-state index is 11.5. The van der Waals surface area contributed by atoms with E-state index in [9.17, 15) is 4.79 Å². The summed E-state index contributed by atoms with van der Waals surface area (Å²) in [6.07, 6.45) is 13.8. The highest BCUT2D eigenvalue weighted by atomic mass is 31.2. The molecular weight excluding hydrogens is 255 g/mol. The molecule has 0 amide bonds. The van der Waals surface area contributed by atoms with Gasteiger partial charge in [0.2, 0.25) is 0 Å². The van der Waals surface area contributed by atoms with Gasteiger partial charge in [-0.05, 0) is 19.3 Å². The zero-order valence-electron chi connectivity index (χ0n) is 13.5. The van der Waals surface area contributed by atoms with E-state index in [2.05, 4.69) is 20.8 Å². The van der Waals surface area contributed by atoms with E-state index >= 15 is 0 Å². The zero-order chi connectivity index (χ0) is 14.6. The van der Waals surface area contributed by atoms with E-state index in [1.54, 1.807) is 0 Å². The third-order valence-corrected chi connectivity index (χ3v) is 8.94. The third kappa shape index (κ3) is 8.63. The molecule has 0 saturated heterocycles. The number of methoxy groups -OCH3 is 1. The summed E-state index contributed by atoms with van der Waals surface area (Å²) < 4.78 is 4.84. The molecule has 0 aromatic heterocycles. The molecule has 3 heteroatoms. The van der Waals surface area contributed by atoms with Crippen LogP contribution in [0.1, 0.15) is 65.7 Å². The summed E-state index contributed by atoms with van der Waals surface area (Å²) >= 11 is 0. The first kappa shape index (κ1) is 18.9. The van der Waals surface area contributed by atoms with Crippen molar-refractivity contribution in [2.75, 3.05) is 31.8 Å². The minimum absolute atomic E-state index is 0.0196. The number of hydrogen-bond acceptors (Lipinski definition) is 2. The van der Waals surface area contributed by atoms with Crippen LogP contribution < -0.4 is 0 Å². The summed E-state index contributed by atoms with van der Waals surface area (Å²) in [6.45, 7) is 6.82. The van der Waals surface area contributed by atoms with Gasteiger partial charge in [0.05, 0.1) is 38.2 Å². The monoisotopic (exact) mass is 289 g/mol. The highest BCUT2D eigenvalue weighted by molar-refractivity contribution is 7.75. The van der Waals surface area contributed by atoms with Crippen molar-refractivity contribution < 1.29 is 9.53 Å². The van der Waals surface area contributed by atoms with Gasteiger partial charge in [-0.3, -0.25) is 4.79 Å². The van der Waals surface area contributed by atoms with E-state index in [4.69, 9.17) is 4.74 Å². The minimum atomic E-state index is -0.914. The number of carbonyl (C=O) groups excluding carboxylic acids is 1. The largest absolute Gasteiger partial charge is 0.469 e. The molecule has 0 saturated carbocycles. The van der Waals surface area contributed by atoms with Crippen LogP contribution in [0.2, 0.25) is 0 Å². The molecule has 114 valence electrons. The van der Waals surface area contributed by atoms with Gasteiger partial charge in [-0.1, -0.05) is 40.0 Å². The SMILES string of the molecule is CCCC[P+](CCCC)(CCCC)CCC(=O)OC. The topological polar surface area (TPSA) is 26.3 Å². The van der Waals surface area contributed by atoms with Crippen molar-refractivity contribution in [3.63, 3.8) is 0 Å². The maximum absolute atomic E-state index is 11.5. The minimum Gasteiger partial charge on any atom is -0.469 e.